The standard InChI is InChI=1S/C15H22N2O2/c1-4-12-7-5-6-11(2)14(12)17-9-8-16(3)10-13(17)15(18)19/h5-7,13H,4,8-10H2,1-3H3,(H,18,19). The smallest absolute Gasteiger partial charge is 0.327 e. The molecule has 4 nitrogen and oxygen atoms in total. The van der Waals surface area contributed by atoms with Gasteiger partial charge in [-0.15, -0.1) is 0 Å². The molecule has 0 aromatic heterocycles. The minimum absolute atomic E-state index is 0.454. The summed E-state index contributed by atoms with van der Waals surface area (Å²) < 4.78 is 0. The molecule has 0 bridgehead atoms. The highest BCUT2D eigenvalue weighted by Gasteiger charge is 2.32. The SMILES string of the molecule is CCc1cccc(C)c1N1CCN(C)CC1C(=O)O. The van der Waals surface area contributed by atoms with Gasteiger partial charge in [-0.05, 0) is 31.5 Å². The van der Waals surface area contributed by atoms with Crippen LogP contribution in [0.25, 0.3) is 0 Å². The third kappa shape index (κ3) is 2.73. The second kappa shape index (κ2) is 5.61. The Morgan fingerprint density at radius 3 is 2.79 bits per heavy atom. The van der Waals surface area contributed by atoms with E-state index in [9.17, 15) is 9.90 Å². The van der Waals surface area contributed by atoms with Crippen molar-refractivity contribution in [3.63, 3.8) is 0 Å². The van der Waals surface area contributed by atoms with Crippen molar-refractivity contribution in [2.24, 2.45) is 0 Å². The van der Waals surface area contributed by atoms with Gasteiger partial charge < -0.3 is 14.9 Å². The summed E-state index contributed by atoms with van der Waals surface area (Å²) in [6, 6.07) is 5.75. The second-order valence-electron chi connectivity index (χ2n) is 5.25. The monoisotopic (exact) mass is 262 g/mol. The summed E-state index contributed by atoms with van der Waals surface area (Å²) in [5.41, 5.74) is 3.51. The fraction of sp³-hybridized carbons (Fsp3) is 0.533. The van der Waals surface area contributed by atoms with Crippen molar-refractivity contribution in [1.82, 2.24) is 4.90 Å². The van der Waals surface area contributed by atoms with Gasteiger partial charge in [0.1, 0.15) is 6.04 Å². The van der Waals surface area contributed by atoms with Gasteiger partial charge in [0.25, 0.3) is 0 Å². The first kappa shape index (κ1) is 13.9. The third-order valence-electron chi connectivity index (χ3n) is 3.86. The molecule has 0 radical (unpaired) electrons. The van der Waals surface area contributed by atoms with Crippen molar-refractivity contribution in [1.29, 1.82) is 0 Å². The van der Waals surface area contributed by atoms with Crippen LogP contribution in [-0.4, -0.2) is 48.7 Å². The maximum absolute atomic E-state index is 11.5. The Balaban J connectivity index is 2.41. The lowest BCUT2D eigenvalue weighted by Crippen LogP contribution is -2.56. The summed E-state index contributed by atoms with van der Waals surface area (Å²) in [5, 5.41) is 9.47. The molecule has 19 heavy (non-hydrogen) atoms. The molecule has 4 heteroatoms. The zero-order valence-electron chi connectivity index (χ0n) is 11.9. The van der Waals surface area contributed by atoms with Gasteiger partial charge in [-0.1, -0.05) is 25.1 Å². The van der Waals surface area contributed by atoms with E-state index in [2.05, 4.69) is 35.8 Å². The van der Waals surface area contributed by atoms with E-state index in [0.717, 1.165) is 30.8 Å². The highest BCUT2D eigenvalue weighted by molar-refractivity contribution is 5.80. The van der Waals surface area contributed by atoms with Crippen LogP contribution in [0.4, 0.5) is 5.69 Å². The number of para-hydroxylation sites is 1. The van der Waals surface area contributed by atoms with E-state index < -0.39 is 12.0 Å². The van der Waals surface area contributed by atoms with Crippen LogP contribution in [-0.2, 0) is 11.2 Å². The first-order valence-electron chi connectivity index (χ1n) is 6.81. The number of hydrogen-bond donors (Lipinski definition) is 1. The summed E-state index contributed by atoms with van der Waals surface area (Å²) in [5.74, 6) is -0.739. The molecule has 104 valence electrons. The summed E-state index contributed by atoms with van der Waals surface area (Å²) in [4.78, 5) is 15.7. The Morgan fingerprint density at radius 1 is 1.42 bits per heavy atom. The van der Waals surface area contributed by atoms with Crippen LogP contribution in [0.1, 0.15) is 18.1 Å². The Morgan fingerprint density at radius 2 is 2.16 bits per heavy atom. The Kier molecular flexibility index (Phi) is 4.10. The van der Waals surface area contributed by atoms with Gasteiger partial charge in [0.15, 0.2) is 0 Å². The largest absolute Gasteiger partial charge is 0.480 e. The third-order valence-corrected chi connectivity index (χ3v) is 3.86. The molecular weight excluding hydrogens is 240 g/mol. The molecule has 0 amide bonds. The lowest BCUT2D eigenvalue weighted by Gasteiger charge is -2.40. The minimum Gasteiger partial charge on any atom is -0.480 e. The van der Waals surface area contributed by atoms with Crippen LogP contribution in [0, 0.1) is 6.92 Å². The van der Waals surface area contributed by atoms with E-state index in [-0.39, 0.29) is 0 Å². The van der Waals surface area contributed by atoms with Crippen molar-refractivity contribution in [3.05, 3.63) is 29.3 Å². The van der Waals surface area contributed by atoms with Gasteiger partial charge in [0.05, 0.1) is 0 Å². The van der Waals surface area contributed by atoms with Crippen LogP contribution < -0.4 is 4.90 Å². The number of rotatable bonds is 3. The zero-order valence-corrected chi connectivity index (χ0v) is 11.9. The first-order chi connectivity index (χ1) is 9.04. The molecule has 2 rings (SSSR count). The van der Waals surface area contributed by atoms with Crippen molar-refractivity contribution in [2.45, 2.75) is 26.3 Å². The average Bonchev–Trinajstić information content (AvgIpc) is 2.38. The number of carboxylic acid groups (broad SMARTS) is 1. The number of likely N-dealkylation sites (N-methyl/N-ethyl adjacent to an activating group) is 1. The molecule has 1 aromatic rings. The van der Waals surface area contributed by atoms with E-state index in [1.54, 1.807) is 0 Å². The van der Waals surface area contributed by atoms with Gasteiger partial charge in [-0.3, -0.25) is 0 Å². The maximum atomic E-state index is 11.5. The number of carboxylic acids is 1. The quantitative estimate of drug-likeness (QED) is 0.901. The number of nitrogens with zero attached hydrogens (tertiary/aromatic N) is 2. The number of carbonyl (C=O) groups is 1. The Bertz CT molecular complexity index is 473. The number of hydrogen-bond acceptors (Lipinski definition) is 3. The number of aryl methyl sites for hydroxylation is 2. The number of benzene rings is 1. The van der Waals surface area contributed by atoms with Crippen LogP contribution in [0.15, 0.2) is 18.2 Å². The normalized spacial score (nSPS) is 20.6. The van der Waals surface area contributed by atoms with E-state index in [0.29, 0.717) is 6.54 Å². The predicted molar refractivity (Wildman–Crippen MR) is 76.8 cm³/mol. The molecule has 1 aliphatic heterocycles. The van der Waals surface area contributed by atoms with Gasteiger partial charge in [0.2, 0.25) is 0 Å². The van der Waals surface area contributed by atoms with E-state index in [1.165, 1.54) is 5.56 Å². The van der Waals surface area contributed by atoms with Crippen LogP contribution in [0.3, 0.4) is 0 Å². The first-order valence-corrected chi connectivity index (χ1v) is 6.81. The number of aliphatic carboxylic acids is 1. The molecule has 1 aromatic carbocycles. The molecule has 0 aliphatic carbocycles. The fourth-order valence-electron chi connectivity index (χ4n) is 2.81. The molecule has 0 saturated carbocycles. The summed E-state index contributed by atoms with van der Waals surface area (Å²) >= 11 is 0. The van der Waals surface area contributed by atoms with Crippen LogP contribution >= 0.6 is 0 Å². The van der Waals surface area contributed by atoms with Crippen molar-refractivity contribution < 1.29 is 9.90 Å². The molecule has 1 atom stereocenters. The van der Waals surface area contributed by atoms with Crippen molar-refractivity contribution in [2.75, 3.05) is 31.6 Å². The topological polar surface area (TPSA) is 43.8 Å². The highest BCUT2D eigenvalue weighted by atomic mass is 16.4. The van der Waals surface area contributed by atoms with Crippen LogP contribution in [0.5, 0.6) is 0 Å². The number of piperazine rings is 1. The summed E-state index contributed by atoms with van der Waals surface area (Å²) in [7, 11) is 1.98. The fourth-order valence-corrected chi connectivity index (χ4v) is 2.81. The van der Waals surface area contributed by atoms with Gasteiger partial charge in [-0.25, -0.2) is 4.79 Å². The molecule has 1 fully saturated rings. The minimum atomic E-state index is -0.739. The molecule has 1 unspecified atom stereocenters. The van der Waals surface area contributed by atoms with Crippen molar-refractivity contribution >= 4 is 11.7 Å². The summed E-state index contributed by atoms with van der Waals surface area (Å²) in [6.45, 7) is 6.43. The summed E-state index contributed by atoms with van der Waals surface area (Å²) in [6.07, 6.45) is 0.926. The Labute approximate surface area is 114 Å². The predicted octanol–water partition coefficient (Wildman–Crippen LogP) is 1.76. The van der Waals surface area contributed by atoms with E-state index in [4.69, 9.17) is 0 Å². The van der Waals surface area contributed by atoms with Gasteiger partial charge in [0, 0.05) is 25.3 Å². The van der Waals surface area contributed by atoms with E-state index in [1.807, 2.05) is 13.1 Å². The zero-order chi connectivity index (χ0) is 14.0. The molecule has 1 aliphatic rings. The highest BCUT2D eigenvalue weighted by Crippen LogP contribution is 2.29. The lowest BCUT2D eigenvalue weighted by molar-refractivity contribution is -0.139. The second-order valence-corrected chi connectivity index (χ2v) is 5.25. The molecule has 1 saturated heterocycles. The van der Waals surface area contributed by atoms with E-state index >= 15 is 0 Å². The molecule has 1 heterocycles. The Hall–Kier alpha value is -1.55. The molecule has 1 N–H and O–H groups in total. The molecular formula is C15H22N2O2. The molecule has 0 spiro atoms. The van der Waals surface area contributed by atoms with Gasteiger partial charge in [-0.2, -0.15) is 0 Å². The average molecular weight is 262 g/mol. The van der Waals surface area contributed by atoms with Crippen molar-refractivity contribution in [3.8, 4) is 0 Å². The van der Waals surface area contributed by atoms with Gasteiger partial charge >= 0.3 is 5.97 Å². The maximum Gasteiger partial charge on any atom is 0.327 e. The van der Waals surface area contributed by atoms with Crippen LogP contribution in [0.2, 0.25) is 0 Å². The lowest BCUT2D eigenvalue weighted by atomic mass is 10.0. The number of anilines is 1.